The number of carbonyl (C=O) groups is 1. The third-order valence-electron chi connectivity index (χ3n) is 4.91. The summed E-state index contributed by atoms with van der Waals surface area (Å²) in [5.74, 6) is 1.63. The monoisotopic (exact) mass is 420 g/mol. The van der Waals surface area contributed by atoms with Gasteiger partial charge in [0, 0.05) is 11.8 Å². The van der Waals surface area contributed by atoms with Crippen LogP contribution >= 0.6 is 0 Å². The number of hydrogen-bond donors (Lipinski definition) is 1. The summed E-state index contributed by atoms with van der Waals surface area (Å²) in [4.78, 5) is 26.6. The molecule has 1 aliphatic rings. The second kappa shape index (κ2) is 9.95. The fourth-order valence-electron chi connectivity index (χ4n) is 3.36. The smallest absolute Gasteiger partial charge is 0.262 e. The van der Waals surface area contributed by atoms with Gasteiger partial charge >= 0.3 is 0 Å². The lowest BCUT2D eigenvalue weighted by molar-refractivity contribution is -0.118. The number of carbonyl (C=O) groups excluding carboxylic acids is 1. The first-order valence-electron chi connectivity index (χ1n) is 10.3. The van der Waals surface area contributed by atoms with E-state index in [1.54, 1.807) is 24.3 Å². The van der Waals surface area contributed by atoms with Gasteiger partial charge in [-0.05, 0) is 62.3 Å². The van der Waals surface area contributed by atoms with Crippen molar-refractivity contribution in [2.24, 2.45) is 0 Å². The van der Waals surface area contributed by atoms with Gasteiger partial charge in [0.25, 0.3) is 5.91 Å². The van der Waals surface area contributed by atoms with E-state index in [1.807, 2.05) is 30.3 Å². The fraction of sp³-hybridized carbons (Fsp3) is 0.250. The molecule has 7 nitrogen and oxygen atoms in total. The minimum atomic E-state index is -0.378. The van der Waals surface area contributed by atoms with E-state index in [1.165, 1.54) is 25.2 Å². The Morgan fingerprint density at radius 1 is 1.00 bits per heavy atom. The van der Waals surface area contributed by atoms with Gasteiger partial charge in [0.1, 0.15) is 23.5 Å². The summed E-state index contributed by atoms with van der Waals surface area (Å²) >= 11 is 0. The first-order valence-corrected chi connectivity index (χ1v) is 10.3. The molecule has 0 radical (unpaired) electrons. The van der Waals surface area contributed by atoms with Crippen molar-refractivity contribution in [2.75, 3.05) is 25.0 Å². The summed E-state index contributed by atoms with van der Waals surface area (Å²) in [6.07, 6.45) is 3.61. The van der Waals surface area contributed by atoms with Gasteiger partial charge in [-0.3, -0.25) is 14.5 Å². The molecule has 1 aliphatic heterocycles. The number of hydrogen-bond acceptors (Lipinski definition) is 6. The third-order valence-corrected chi connectivity index (χ3v) is 4.91. The molecule has 31 heavy (non-hydrogen) atoms. The molecule has 0 spiro atoms. The maximum atomic E-state index is 12.2. The molecule has 0 atom stereocenters. The maximum Gasteiger partial charge on any atom is 0.262 e. The molecule has 4 rings (SSSR count). The van der Waals surface area contributed by atoms with Gasteiger partial charge in [-0.2, -0.15) is 0 Å². The van der Waals surface area contributed by atoms with Crippen LogP contribution in [0.15, 0.2) is 76.1 Å². The Hall–Kier alpha value is -3.58. The molecule has 3 aromatic rings. The SMILES string of the molecule is O=C(COc1coc(CN2CCCC2)cc1=O)Nc1ccc(Oc2ccccc2)cc1. The van der Waals surface area contributed by atoms with Crippen LogP contribution in [0.25, 0.3) is 0 Å². The highest BCUT2D eigenvalue weighted by molar-refractivity contribution is 5.91. The van der Waals surface area contributed by atoms with E-state index < -0.39 is 0 Å². The molecule has 160 valence electrons. The Morgan fingerprint density at radius 2 is 1.71 bits per heavy atom. The van der Waals surface area contributed by atoms with Crippen LogP contribution in [0, 0.1) is 0 Å². The summed E-state index contributed by atoms with van der Waals surface area (Å²) in [6.45, 7) is 2.35. The molecule has 0 bridgehead atoms. The highest BCUT2D eigenvalue weighted by Gasteiger charge is 2.14. The number of likely N-dealkylation sites (tertiary alicyclic amines) is 1. The molecule has 1 amide bonds. The van der Waals surface area contributed by atoms with Crippen molar-refractivity contribution in [1.82, 2.24) is 4.90 Å². The van der Waals surface area contributed by atoms with Crippen LogP contribution in [0.4, 0.5) is 5.69 Å². The topological polar surface area (TPSA) is 81.0 Å². The van der Waals surface area contributed by atoms with Crippen LogP contribution in [0.2, 0.25) is 0 Å². The normalized spacial score (nSPS) is 13.7. The standard InChI is InChI=1S/C24H24N2O5/c27-22-14-21(15-26-12-4-5-13-26)29-16-23(22)30-17-24(28)25-18-8-10-20(11-9-18)31-19-6-2-1-3-7-19/h1-3,6-11,14,16H,4-5,12-13,15,17H2,(H,25,28). The number of anilines is 1. The predicted molar refractivity (Wildman–Crippen MR) is 117 cm³/mol. The minimum Gasteiger partial charge on any atom is -0.477 e. The number of benzene rings is 2. The summed E-state index contributed by atoms with van der Waals surface area (Å²) < 4.78 is 16.6. The van der Waals surface area contributed by atoms with Gasteiger partial charge in [0.05, 0.1) is 6.54 Å². The Balaban J connectivity index is 1.26. The van der Waals surface area contributed by atoms with E-state index in [4.69, 9.17) is 13.9 Å². The van der Waals surface area contributed by atoms with Crippen LogP contribution < -0.4 is 20.2 Å². The van der Waals surface area contributed by atoms with Crippen LogP contribution in [-0.2, 0) is 11.3 Å². The number of nitrogens with zero attached hydrogens (tertiary/aromatic N) is 1. The van der Waals surface area contributed by atoms with Crippen molar-refractivity contribution < 1.29 is 18.7 Å². The van der Waals surface area contributed by atoms with Gasteiger partial charge in [0.2, 0.25) is 11.2 Å². The molecule has 0 aliphatic carbocycles. The van der Waals surface area contributed by atoms with Crippen LogP contribution in [0.5, 0.6) is 17.2 Å². The molecule has 1 N–H and O–H groups in total. The second-order valence-corrected chi connectivity index (χ2v) is 7.33. The molecule has 0 saturated carbocycles. The maximum absolute atomic E-state index is 12.2. The third kappa shape index (κ3) is 5.96. The second-order valence-electron chi connectivity index (χ2n) is 7.33. The van der Waals surface area contributed by atoms with Crippen LogP contribution in [0.3, 0.4) is 0 Å². The zero-order valence-corrected chi connectivity index (χ0v) is 17.1. The van der Waals surface area contributed by atoms with Gasteiger partial charge in [0.15, 0.2) is 6.61 Å². The lowest BCUT2D eigenvalue weighted by Gasteiger charge is -2.13. The van der Waals surface area contributed by atoms with Crippen molar-refractivity contribution >= 4 is 11.6 Å². The zero-order valence-electron chi connectivity index (χ0n) is 17.1. The van der Waals surface area contributed by atoms with E-state index in [9.17, 15) is 9.59 Å². The van der Waals surface area contributed by atoms with Gasteiger partial charge in [-0.25, -0.2) is 0 Å². The van der Waals surface area contributed by atoms with E-state index in [-0.39, 0.29) is 23.7 Å². The number of ether oxygens (including phenoxy) is 2. The molecule has 0 unspecified atom stereocenters. The number of amides is 1. The van der Waals surface area contributed by atoms with Crippen molar-refractivity contribution in [3.05, 3.63) is 82.9 Å². The van der Waals surface area contributed by atoms with E-state index in [0.29, 0.717) is 23.7 Å². The van der Waals surface area contributed by atoms with Gasteiger partial charge in [-0.15, -0.1) is 0 Å². The predicted octanol–water partition coefficient (Wildman–Crippen LogP) is 4.05. The van der Waals surface area contributed by atoms with Crippen molar-refractivity contribution in [3.63, 3.8) is 0 Å². The first-order chi connectivity index (χ1) is 15.2. The van der Waals surface area contributed by atoms with Gasteiger partial charge < -0.3 is 19.2 Å². The number of nitrogens with one attached hydrogen (secondary N) is 1. The summed E-state index contributed by atoms with van der Waals surface area (Å²) in [7, 11) is 0. The molecule has 1 aromatic heterocycles. The molecule has 7 heteroatoms. The van der Waals surface area contributed by atoms with E-state index in [0.717, 1.165) is 18.8 Å². The average molecular weight is 420 g/mol. The van der Waals surface area contributed by atoms with Gasteiger partial charge in [-0.1, -0.05) is 18.2 Å². The lowest BCUT2D eigenvalue weighted by atomic mass is 10.3. The van der Waals surface area contributed by atoms with Crippen molar-refractivity contribution in [1.29, 1.82) is 0 Å². The Labute approximate surface area is 180 Å². The summed E-state index contributed by atoms with van der Waals surface area (Å²) in [6, 6.07) is 17.9. The molecular formula is C24H24N2O5. The Kier molecular flexibility index (Phi) is 6.64. The van der Waals surface area contributed by atoms with E-state index >= 15 is 0 Å². The Bertz CT molecular complexity index is 1060. The summed E-state index contributed by atoms with van der Waals surface area (Å²) in [5.41, 5.74) is 0.303. The van der Waals surface area contributed by atoms with Crippen molar-refractivity contribution in [2.45, 2.75) is 19.4 Å². The number of para-hydroxylation sites is 1. The largest absolute Gasteiger partial charge is 0.477 e. The van der Waals surface area contributed by atoms with Crippen molar-refractivity contribution in [3.8, 4) is 17.2 Å². The molecule has 1 fully saturated rings. The molecule has 2 aromatic carbocycles. The Morgan fingerprint density at radius 3 is 2.42 bits per heavy atom. The number of rotatable bonds is 8. The quantitative estimate of drug-likeness (QED) is 0.592. The van der Waals surface area contributed by atoms with Crippen LogP contribution in [-0.4, -0.2) is 30.5 Å². The zero-order chi connectivity index (χ0) is 21.5. The highest BCUT2D eigenvalue weighted by atomic mass is 16.5. The first kappa shape index (κ1) is 20.7. The fourth-order valence-corrected chi connectivity index (χ4v) is 3.36. The highest BCUT2D eigenvalue weighted by Crippen LogP contribution is 2.22. The molecular weight excluding hydrogens is 396 g/mol. The summed E-state index contributed by atoms with van der Waals surface area (Å²) in [5, 5.41) is 2.72. The minimum absolute atomic E-state index is 0.0203. The lowest BCUT2D eigenvalue weighted by Crippen LogP contribution is -2.22. The molecule has 2 heterocycles. The van der Waals surface area contributed by atoms with E-state index in [2.05, 4.69) is 10.2 Å². The molecule has 1 saturated heterocycles. The average Bonchev–Trinajstić information content (AvgIpc) is 3.28. The van der Waals surface area contributed by atoms with Crippen LogP contribution in [0.1, 0.15) is 18.6 Å².